The summed E-state index contributed by atoms with van der Waals surface area (Å²) in [5.41, 5.74) is 2.39. The molecule has 2 aromatic rings. The maximum atomic E-state index is 10.8. The van der Waals surface area contributed by atoms with Crippen LogP contribution >= 0.6 is 0 Å². The van der Waals surface area contributed by atoms with Crippen LogP contribution in [0.4, 0.5) is 11.4 Å². The van der Waals surface area contributed by atoms with Crippen LogP contribution in [0.2, 0.25) is 0 Å². The highest BCUT2D eigenvalue weighted by Gasteiger charge is 2.21. The molecule has 1 aliphatic rings. The van der Waals surface area contributed by atoms with Crippen molar-refractivity contribution in [3.05, 3.63) is 69.8 Å². The van der Waals surface area contributed by atoms with Crippen molar-refractivity contribution >= 4 is 11.4 Å². The Hall–Kier alpha value is -2.91. The van der Waals surface area contributed by atoms with Gasteiger partial charge in [-0.25, -0.2) is 0 Å². The van der Waals surface area contributed by atoms with Gasteiger partial charge in [0.1, 0.15) is 6.07 Å². The van der Waals surface area contributed by atoms with Crippen LogP contribution in [0.5, 0.6) is 0 Å². The molecule has 0 radical (unpaired) electrons. The van der Waals surface area contributed by atoms with Crippen molar-refractivity contribution < 1.29 is 4.92 Å². The van der Waals surface area contributed by atoms with Gasteiger partial charge in [0.15, 0.2) is 0 Å². The van der Waals surface area contributed by atoms with E-state index < -0.39 is 4.92 Å². The van der Waals surface area contributed by atoms with Gasteiger partial charge in [0.05, 0.1) is 16.2 Å². The number of rotatable bonds is 4. The average molecular weight is 322 g/mol. The van der Waals surface area contributed by atoms with Crippen molar-refractivity contribution in [3.8, 4) is 6.07 Å². The van der Waals surface area contributed by atoms with Crippen molar-refractivity contribution in [1.29, 1.82) is 5.26 Å². The molecule has 6 nitrogen and oxygen atoms in total. The normalized spacial score (nSPS) is 15.0. The summed E-state index contributed by atoms with van der Waals surface area (Å²) < 4.78 is 0. The molecule has 0 bridgehead atoms. The van der Waals surface area contributed by atoms with Crippen LogP contribution in [0.1, 0.15) is 11.1 Å². The lowest BCUT2D eigenvalue weighted by Crippen LogP contribution is -2.46. The molecule has 24 heavy (non-hydrogen) atoms. The maximum absolute atomic E-state index is 10.8. The summed E-state index contributed by atoms with van der Waals surface area (Å²) >= 11 is 0. The minimum Gasteiger partial charge on any atom is -0.368 e. The summed E-state index contributed by atoms with van der Waals surface area (Å²) in [7, 11) is 0. The summed E-state index contributed by atoms with van der Waals surface area (Å²) in [5, 5.41) is 20.1. The summed E-state index contributed by atoms with van der Waals surface area (Å²) in [4.78, 5) is 14.9. The molecule has 6 heteroatoms. The smallest absolute Gasteiger partial charge is 0.270 e. The number of nitro benzene ring substituents is 1. The minimum atomic E-state index is -0.470. The zero-order valence-corrected chi connectivity index (χ0v) is 13.3. The van der Waals surface area contributed by atoms with E-state index in [0.717, 1.165) is 38.4 Å². The molecular weight excluding hydrogens is 304 g/mol. The fourth-order valence-electron chi connectivity index (χ4n) is 2.99. The molecule has 0 spiro atoms. The quantitative estimate of drug-likeness (QED) is 0.639. The molecule has 0 unspecified atom stereocenters. The Morgan fingerprint density at radius 1 is 1.08 bits per heavy atom. The number of nitro groups is 1. The van der Waals surface area contributed by atoms with Gasteiger partial charge >= 0.3 is 0 Å². The molecule has 2 aromatic carbocycles. The second kappa shape index (κ2) is 7.11. The summed E-state index contributed by atoms with van der Waals surface area (Å²) in [6, 6.07) is 16.9. The van der Waals surface area contributed by atoms with Crippen molar-refractivity contribution in [2.24, 2.45) is 0 Å². The molecule has 3 rings (SSSR count). The Bertz CT molecular complexity index is 762. The van der Waals surface area contributed by atoms with E-state index in [-0.39, 0.29) is 5.69 Å². The summed E-state index contributed by atoms with van der Waals surface area (Å²) in [6.45, 7) is 4.33. The van der Waals surface area contributed by atoms with E-state index in [1.807, 2.05) is 18.2 Å². The molecule has 1 fully saturated rings. The highest BCUT2D eigenvalue weighted by atomic mass is 16.6. The Morgan fingerprint density at radius 3 is 2.42 bits per heavy atom. The largest absolute Gasteiger partial charge is 0.368 e. The van der Waals surface area contributed by atoms with Gasteiger partial charge in [0.25, 0.3) is 5.69 Å². The highest BCUT2D eigenvalue weighted by Crippen LogP contribution is 2.26. The number of benzene rings is 2. The molecule has 0 aromatic heterocycles. The first-order valence-electron chi connectivity index (χ1n) is 7.87. The molecular formula is C18H18N4O2. The molecule has 122 valence electrons. The van der Waals surface area contributed by atoms with Crippen LogP contribution in [0.3, 0.4) is 0 Å². The molecule has 1 aliphatic heterocycles. The summed E-state index contributed by atoms with van der Waals surface area (Å²) in [5.74, 6) is 0. The lowest BCUT2D eigenvalue weighted by Gasteiger charge is -2.36. The lowest BCUT2D eigenvalue weighted by molar-refractivity contribution is -0.384. The van der Waals surface area contributed by atoms with E-state index in [4.69, 9.17) is 0 Å². The van der Waals surface area contributed by atoms with Gasteiger partial charge in [0, 0.05) is 44.9 Å². The third kappa shape index (κ3) is 3.53. The zero-order valence-electron chi connectivity index (χ0n) is 13.3. The fraction of sp³-hybridized carbons (Fsp3) is 0.278. The van der Waals surface area contributed by atoms with Crippen LogP contribution in [-0.4, -0.2) is 36.0 Å². The number of nitriles is 1. The number of hydrogen-bond donors (Lipinski definition) is 0. The highest BCUT2D eigenvalue weighted by molar-refractivity contribution is 5.63. The van der Waals surface area contributed by atoms with Gasteiger partial charge in [-0.05, 0) is 11.6 Å². The summed E-state index contributed by atoms with van der Waals surface area (Å²) in [6.07, 6.45) is 0. The van der Waals surface area contributed by atoms with Crippen LogP contribution in [0.15, 0.2) is 48.5 Å². The first kappa shape index (κ1) is 16.0. The van der Waals surface area contributed by atoms with Crippen molar-refractivity contribution in [3.63, 3.8) is 0 Å². The van der Waals surface area contributed by atoms with Crippen LogP contribution in [0.25, 0.3) is 0 Å². The van der Waals surface area contributed by atoms with Gasteiger partial charge in [-0.3, -0.25) is 15.0 Å². The monoisotopic (exact) mass is 322 g/mol. The van der Waals surface area contributed by atoms with Crippen molar-refractivity contribution in [1.82, 2.24) is 4.90 Å². The van der Waals surface area contributed by atoms with E-state index in [2.05, 4.69) is 28.0 Å². The predicted octanol–water partition coefficient (Wildman–Crippen LogP) is 2.79. The average Bonchev–Trinajstić information content (AvgIpc) is 2.62. The molecule has 0 atom stereocenters. The third-order valence-electron chi connectivity index (χ3n) is 4.27. The van der Waals surface area contributed by atoms with Gasteiger partial charge < -0.3 is 4.90 Å². The van der Waals surface area contributed by atoms with Gasteiger partial charge in [-0.2, -0.15) is 5.26 Å². The number of non-ortho nitro benzene ring substituents is 1. The topological polar surface area (TPSA) is 73.4 Å². The molecule has 1 saturated heterocycles. The Labute approximate surface area is 140 Å². The van der Waals surface area contributed by atoms with Crippen molar-refractivity contribution in [2.45, 2.75) is 6.54 Å². The second-order valence-corrected chi connectivity index (χ2v) is 5.82. The van der Waals surface area contributed by atoms with E-state index in [0.29, 0.717) is 5.56 Å². The van der Waals surface area contributed by atoms with Gasteiger partial charge in [-0.15, -0.1) is 0 Å². The van der Waals surface area contributed by atoms with E-state index >= 15 is 0 Å². The SMILES string of the molecule is N#Cc1cc([N+](=O)[O-])ccc1N1CCN(Cc2ccccc2)CC1. The maximum Gasteiger partial charge on any atom is 0.270 e. The van der Waals surface area contributed by atoms with E-state index in [1.54, 1.807) is 6.07 Å². The van der Waals surface area contributed by atoms with Crippen LogP contribution in [-0.2, 0) is 6.54 Å². The number of hydrogen-bond acceptors (Lipinski definition) is 5. The standard InChI is InChI=1S/C18H18N4O2/c19-13-16-12-17(22(23)24)6-7-18(16)21-10-8-20(9-11-21)14-15-4-2-1-3-5-15/h1-7,12H,8-11,14H2. The predicted molar refractivity (Wildman–Crippen MR) is 91.7 cm³/mol. The van der Waals surface area contributed by atoms with Gasteiger partial charge in [-0.1, -0.05) is 30.3 Å². The number of anilines is 1. The van der Waals surface area contributed by atoms with E-state index in [1.165, 1.54) is 17.7 Å². The number of piperazine rings is 1. The first-order valence-corrected chi connectivity index (χ1v) is 7.87. The fourth-order valence-corrected chi connectivity index (χ4v) is 2.99. The Kier molecular flexibility index (Phi) is 4.73. The molecule has 0 amide bonds. The molecule has 1 heterocycles. The van der Waals surface area contributed by atoms with Crippen LogP contribution in [0, 0.1) is 21.4 Å². The Balaban J connectivity index is 1.66. The second-order valence-electron chi connectivity index (χ2n) is 5.82. The molecule has 0 N–H and O–H groups in total. The molecule has 0 aliphatic carbocycles. The Morgan fingerprint density at radius 2 is 1.79 bits per heavy atom. The zero-order chi connectivity index (χ0) is 16.9. The number of nitrogens with zero attached hydrogens (tertiary/aromatic N) is 4. The lowest BCUT2D eigenvalue weighted by atomic mass is 10.1. The minimum absolute atomic E-state index is 0.0435. The van der Waals surface area contributed by atoms with Gasteiger partial charge in [0.2, 0.25) is 0 Å². The first-order chi connectivity index (χ1) is 11.7. The van der Waals surface area contributed by atoms with Crippen LogP contribution < -0.4 is 4.90 Å². The van der Waals surface area contributed by atoms with E-state index in [9.17, 15) is 15.4 Å². The molecule has 0 saturated carbocycles. The van der Waals surface area contributed by atoms with Crippen molar-refractivity contribution in [2.75, 3.05) is 31.1 Å². The third-order valence-corrected chi connectivity index (χ3v) is 4.27.